The van der Waals surface area contributed by atoms with Gasteiger partial charge in [0.2, 0.25) is 0 Å². The van der Waals surface area contributed by atoms with Gasteiger partial charge >= 0.3 is 0 Å². The van der Waals surface area contributed by atoms with E-state index >= 15 is 0 Å². The summed E-state index contributed by atoms with van der Waals surface area (Å²) in [4.78, 5) is 2.38. The molecule has 0 saturated carbocycles. The number of nitrogens with zero attached hydrogens (tertiary/aromatic N) is 2. The highest BCUT2D eigenvalue weighted by atomic mass is 35.5. The Bertz CT molecular complexity index is 863. The number of morpholine rings is 1. The van der Waals surface area contributed by atoms with Crippen LogP contribution < -0.4 is 4.74 Å². The summed E-state index contributed by atoms with van der Waals surface area (Å²) < 4.78 is 11.3. The molecule has 2 heterocycles. The number of methoxy groups -OCH3 is 1. The van der Waals surface area contributed by atoms with Crippen LogP contribution in [-0.4, -0.2) is 41.9 Å². The third-order valence-corrected chi connectivity index (χ3v) is 4.87. The zero-order valence-corrected chi connectivity index (χ0v) is 14.8. The van der Waals surface area contributed by atoms with E-state index in [-0.39, 0.29) is 6.10 Å². The summed E-state index contributed by atoms with van der Waals surface area (Å²) >= 11 is 5.98. The van der Waals surface area contributed by atoms with Crippen LogP contribution in [0, 0.1) is 0 Å². The van der Waals surface area contributed by atoms with Gasteiger partial charge in [0.05, 0.1) is 31.0 Å². The minimum atomic E-state index is 0.0646. The molecule has 2 aromatic carbocycles. The Morgan fingerprint density at radius 1 is 1.28 bits per heavy atom. The smallest absolute Gasteiger partial charge is 0.119 e. The molecule has 0 amide bonds. The third-order valence-electron chi connectivity index (χ3n) is 4.61. The highest BCUT2D eigenvalue weighted by molar-refractivity contribution is 6.30. The van der Waals surface area contributed by atoms with Crippen molar-refractivity contribution >= 4 is 22.5 Å². The number of hydrogen-bond acceptors (Lipinski definition) is 4. The number of fused-ring (bicyclic) bond motifs is 1. The fraction of sp³-hybridized carbons (Fsp3) is 0.316. The first-order chi connectivity index (χ1) is 12.2. The van der Waals surface area contributed by atoms with Crippen molar-refractivity contribution in [2.45, 2.75) is 12.6 Å². The van der Waals surface area contributed by atoms with Crippen LogP contribution in [0.1, 0.15) is 17.4 Å². The Morgan fingerprint density at radius 2 is 2.12 bits per heavy atom. The first kappa shape index (κ1) is 16.4. The molecule has 0 spiro atoms. The molecule has 1 atom stereocenters. The molecule has 1 saturated heterocycles. The quantitative estimate of drug-likeness (QED) is 0.771. The van der Waals surface area contributed by atoms with Crippen LogP contribution in [0.3, 0.4) is 0 Å². The average Bonchev–Trinajstić information content (AvgIpc) is 3.04. The van der Waals surface area contributed by atoms with Crippen LogP contribution in [0.25, 0.3) is 10.9 Å². The number of nitrogens with one attached hydrogen (secondary N) is 1. The molecular weight excluding hydrogens is 338 g/mol. The van der Waals surface area contributed by atoms with Gasteiger partial charge in [-0.3, -0.25) is 10.00 Å². The monoisotopic (exact) mass is 357 g/mol. The van der Waals surface area contributed by atoms with E-state index in [4.69, 9.17) is 21.1 Å². The van der Waals surface area contributed by atoms with Crippen LogP contribution in [-0.2, 0) is 11.3 Å². The molecule has 4 rings (SSSR count). The van der Waals surface area contributed by atoms with Gasteiger partial charge in [0, 0.05) is 30.0 Å². The summed E-state index contributed by atoms with van der Waals surface area (Å²) in [6.07, 6.45) is 0.0646. The van der Waals surface area contributed by atoms with Crippen LogP contribution in [0.5, 0.6) is 5.75 Å². The second kappa shape index (κ2) is 7.04. The Balaban J connectivity index is 1.51. The second-order valence-electron chi connectivity index (χ2n) is 6.23. The fourth-order valence-corrected chi connectivity index (χ4v) is 3.36. The van der Waals surface area contributed by atoms with E-state index in [1.54, 1.807) is 7.11 Å². The maximum atomic E-state index is 5.98. The SMILES string of the molecule is COc1ccc2n[nH]c(CN3CCO[C@H](c4ccc(Cl)cc4)C3)c2c1. The fourth-order valence-electron chi connectivity index (χ4n) is 3.24. The van der Waals surface area contributed by atoms with Gasteiger partial charge in [0.15, 0.2) is 0 Å². The number of halogens is 1. The van der Waals surface area contributed by atoms with Crippen molar-refractivity contribution < 1.29 is 9.47 Å². The predicted molar refractivity (Wildman–Crippen MR) is 98.1 cm³/mol. The summed E-state index contributed by atoms with van der Waals surface area (Å²) in [5.41, 5.74) is 3.22. The Morgan fingerprint density at radius 3 is 2.92 bits per heavy atom. The summed E-state index contributed by atoms with van der Waals surface area (Å²) in [5.74, 6) is 0.844. The number of benzene rings is 2. The molecule has 130 valence electrons. The normalized spacial score (nSPS) is 18.6. The number of aromatic nitrogens is 2. The van der Waals surface area contributed by atoms with Crippen LogP contribution in [0.2, 0.25) is 5.02 Å². The van der Waals surface area contributed by atoms with Crippen LogP contribution in [0.15, 0.2) is 42.5 Å². The average molecular weight is 358 g/mol. The molecule has 1 aliphatic heterocycles. The number of ether oxygens (including phenoxy) is 2. The molecule has 0 unspecified atom stereocenters. The largest absolute Gasteiger partial charge is 0.497 e. The van der Waals surface area contributed by atoms with Crippen molar-refractivity contribution in [2.75, 3.05) is 26.8 Å². The van der Waals surface area contributed by atoms with E-state index in [0.717, 1.165) is 52.6 Å². The molecule has 0 radical (unpaired) electrons. The van der Waals surface area contributed by atoms with Crippen molar-refractivity contribution in [3.05, 3.63) is 58.7 Å². The molecule has 1 aromatic heterocycles. The van der Waals surface area contributed by atoms with Crippen molar-refractivity contribution in [2.24, 2.45) is 0 Å². The van der Waals surface area contributed by atoms with Crippen LogP contribution in [0.4, 0.5) is 0 Å². The Hall–Kier alpha value is -2.08. The lowest BCUT2D eigenvalue weighted by Gasteiger charge is -2.32. The second-order valence-corrected chi connectivity index (χ2v) is 6.67. The van der Waals surface area contributed by atoms with Gasteiger partial charge in [-0.05, 0) is 35.9 Å². The molecular formula is C19H20ClN3O2. The van der Waals surface area contributed by atoms with E-state index in [2.05, 4.69) is 15.1 Å². The lowest BCUT2D eigenvalue weighted by molar-refractivity contribution is -0.0331. The molecule has 0 aliphatic carbocycles. The number of hydrogen-bond donors (Lipinski definition) is 1. The summed E-state index contributed by atoms with van der Waals surface area (Å²) in [7, 11) is 1.68. The predicted octanol–water partition coefficient (Wildman–Crippen LogP) is 3.80. The van der Waals surface area contributed by atoms with E-state index in [1.807, 2.05) is 42.5 Å². The third kappa shape index (κ3) is 3.49. The summed E-state index contributed by atoms with van der Waals surface area (Å²) in [6.45, 7) is 3.25. The van der Waals surface area contributed by atoms with Crippen molar-refractivity contribution in [3.63, 3.8) is 0 Å². The molecule has 6 heteroatoms. The maximum absolute atomic E-state index is 5.98. The first-order valence-electron chi connectivity index (χ1n) is 8.33. The zero-order chi connectivity index (χ0) is 17.2. The van der Waals surface area contributed by atoms with Gasteiger partial charge < -0.3 is 9.47 Å². The number of aromatic amines is 1. The van der Waals surface area contributed by atoms with Gasteiger partial charge in [-0.25, -0.2) is 0 Å². The van der Waals surface area contributed by atoms with E-state index in [0.29, 0.717) is 6.61 Å². The number of H-pyrrole nitrogens is 1. The standard InChI is InChI=1S/C19H20ClN3O2/c1-24-15-6-7-17-16(10-15)18(22-21-17)11-23-8-9-25-19(12-23)13-2-4-14(20)5-3-13/h2-7,10,19H,8-9,11-12H2,1H3,(H,21,22)/t19-/m0/s1. The minimum Gasteiger partial charge on any atom is -0.497 e. The highest BCUT2D eigenvalue weighted by Crippen LogP contribution is 2.27. The Labute approximate surface area is 151 Å². The van der Waals surface area contributed by atoms with Crippen molar-refractivity contribution in [1.82, 2.24) is 15.1 Å². The van der Waals surface area contributed by atoms with Gasteiger partial charge in [-0.1, -0.05) is 23.7 Å². The molecule has 5 nitrogen and oxygen atoms in total. The zero-order valence-electron chi connectivity index (χ0n) is 14.0. The van der Waals surface area contributed by atoms with E-state index in [1.165, 1.54) is 0 Å². The Kier molecular flexibility index (Phi) is 4.61. The maximum Gasteiger partial charge on any atom is 0.119 e. The van der Waals surface area contributed by atoms with Gasteiger partial charge in [0.25, 0.3) is 0 Å². The molecule has 0 bridgehead atoms. The number of rotatable bonds is 4. The first-order valence-corrected chi connectivity index (χ1v) is 8.71. The topological polar surface area (TPSA) is 50.4 Å². The van der Waals surface area contributed by atoms with E-state index in [9.17, 15) is 0 Å². The van der Waals surface area contributed by atoms with Crippen molar-refractivity contribution in [1.29, 1.82) is 0 Å². The highest BCUT2D eigenvalue weighted by Gasteiger charge is 2.23. The molecule has 1 N–H and O–H groups in total. The minimum absolute atomic E-state index is 0.0646. The van der Waals surface area contributed by atoms with Gasteiger partial charge in [0.1, 0.15) is 5.75 Å². The summed E-state index contributed by atoms with van der Waals surface area (Å²) in [5, 5.41) is 9.41. The van der Waals surface area contributed by atoms with E-state index < -0.39 is 0 Å². The van der Waals surface area contributed by atoms with Gasteiger partial charge in [-0.2, -0.15) is 5.10 Å². The lowest BCUT2D eigenvalue weighted by Crippen LogP contribution is -2.37. The lowest BCUT2D eigenvalue weighted by atomic mass is 10.1. The van der Waals surface area contributed by atoms with Gasteiger partial charge in [-0.15, -0.1) is 0 Å². The molecule has 1 aliphatic rings. The summed E-state index contributed by atoms with van der Waals surface area (Å²) in [6, 6.07) is 13.8. The van der Waals surface area contributed by atoms with Crippen LogP contribution >= 0.6 is 11.6 Å². The molecule has 25 heavy (non-hydrogen) atoms. The van der Waals surface area contributed by atoms with Crippen molar-refractivity contribution in [3.8, 4) is 5.75 Å². The molecule has 3 aromatic rings. The molecule has 1 fully saturated rings.